The highest BCUT2D eigenvalue weighted by Gasteiger charge is 2.10. The Balaban J connectivity index is 0.00000450. The van der Waals surface area contributed by atoms with Crippen LogP contribution in [0.4, 0.5) is 0 Å². The molecule has 2 aromatic rings. The predicted molar refractivity (Wildman–Crippen MR) is 133 cm³/mol. The van der Waals surface area contributed by atoms with Crippen molar-refractivity contribution in [1.82, 2.24) is 19.8 Å². The standard InChI is InChI=1S/C22H35N5O2.HI/c1-7-23-22(25-15-21-24-11-13-27(21)16-17(2)3)26(4)12-10-18-8-9-19(28-5)20(14-18)29-6;/h8-9,11,13-14,17H,7,10,12,15-16H2,1-6H3,(H,23,25);1H. The number of hydrogen-bond acceptors (Lipinski definition) is 4. The zero-order valence-electron chi connectivity index (χ0n) is 19.0. The van der Waals surface area contributed by atoms with Crippen LogP contribution in [0.2, 0.25) is 0 Å². The van der Waals surface area contributed by atoms with Crippen molar-refractivity contribution in [2.45, 2.75) is 40.3 Å². The number of aromatic nitrogens is 2. The molecule has 0 spiro atoms. The molecule has 0 fully saturated rings. The van der Waals surface area contributed by atoms with Gasteiger partial charge in [0.15, 0.2) is 17.5 Å². The van der Waals surface area contributed by atoms with Gasteiger partial charge in [-0.3, -0.25) is 0 Å². The first-order chi connectivity index (χ1) is 14.0. The number of aliphatic imine (C=N–C) groups is 1. The fourth-order valence-corrected chi connectivity index (χ4v) is 3.11. The van der Waals surface area contributed by atoms with Gasteiger partial charge in [-0.1, -0.05) is 19.9 Å². The van der Waals surface area contributed by atoms with Gasteiger partial charge >= 0.3 is 0 Å². The number of guanidine groups is 1. The van der Waals surface area contributed by atoms with Gasteiger partial charge in [0.05, 0.1) is 14.2 Å². The smallest absolute Gasteiger partial charge is 0.194 e. The lowest BCUT2D eigenvalue weighted by Crippen LogP contribution is -2.40. The van der Waals surface area contributed by atoms with Crippen molar-refractivity contribution in [2.75, 3.05) is 34.4 Å². The first-order valence-corrected chi connectivity index (χ1v) is 10.2. The Morgan fingerprint density at radius 1 is 1.23 bits per heavy atom. The lowest BCUT2D eigenvalue weighted by molar-refractivity contribution is 0.354. The van der Waals surface area contributed by atoms with E-state index in [1.807, 2.05) is 24.5 Å². The van der Waals surface area contributed by atoms with Gasteiger partial charge in [0, 0.05) is 39.1 Å². The average molecular weight is 529 g/mol. The minimum Gasteiger partial charge on any atom is -0.493 e. The molecule has 0 amide bonds. The van der Waals surface area contributed by atoms with Gasteiger partial charge in [-0.15, -0.1) is 24.0 Å². The summed E-state index contributed by atoms with van der Waals surface area (Å²) in [5, 5.41) is 3.38. The fraction of sp³-hybridized carbons (Fsp3) is 0.545. The quantitative estimate of drug-likeness (QED) is 0.288. The molecule has 7 nitrogen and oxygen atoms in total. The van der Waals surface area contributed by atoms with Crippen molar-refractivity contribution in [3.8, 4) is 11.5 Å². The third-order valence-electron chi connectivity index (χ3n) is 4.61. The SMILES string of the molecule is CCNC(=NCc1nccn1CC(C)C)N(C)CCc1ccc(OC)c(OC)c1.I. The van der Waals surface area contributed by atoms with Gasteiger partial charge in [-0.2, -0.15) is 0 Å². The summed E-state index contributed by atoms with van der Waals surface area (Å²) >= 11 is 0. The van der Waals surface area contributed by atoms with E-state index in [0.29, 0.717) is 12.5 Å². The van der Waals surface area contributed by atoms with Crippen molar-refractivity contribution in [3.63, 3.8) is 0 Å². The molecular formula is C22H36IN5O2. The van der Waals surface area contributed by atoms with Crippen LogP contribution in [0.3, 0.4) is 0 Å². The summed E-state index contributed by atoms with van der Waals surface area (Å²) in [6.07, 6.45) is 4.75. The van der Waals surface area contributed by atoms with Gasteiger partial charge < -0.3 is 24.3 Å². The summed E-state index contributed by atoms with van der Waals surface area (Å²) in [6, 6.07) is 6.05. The minimum atomic E-state index is 0. The van der Waals surface area contributed by atoms with Gasteiger partial charge in [0.1, 0.15) is 12.4 Å². The number of nitrogens with one attached hydrogen (secondary N) is 1. The van der Waals surface area contributed by atoms with Crippen molar-refractivity contribution < 1.29 is 9.47 Å². The van der Waals surface area contributed by atoms with Gasteiger partial charge in [-0.05, 0) is 37.0 Å². The maximum Gasteiger partial charge on any atom is 0.194 e. The van der Waals surface area contributed by atoms with E-state index in [1.165, 1.54) is 5.56 Å². The van der Waals surface area contributed by atoms with E-state index in [9.17, 15) is 0 Å². The van der Waals surface area contributed by atoms with Crippen LogP contribution in [-0.4, -0.2) is 54.8 Å². The van der Waals surface area contributed by atoms with Crippen LogP contribution in [0, 0.1) is 5.92 Å². The Labute approximate surface area is 197 Å². The molecule has 0 aliphatic rings. The number of ether oxygens (including phenoxy) is 2. The van der Waals surface area contributed by atoms with Gasteiger partial charge in [0.25, 0.3) is 0 Å². The molecule has 8 heteroatoms. The zero-order valence-corrected chi connectivity index (χ0v) is 21.3. The number of imidazole rings is 1. The molecule has 30 heavy (non-hydrogen) atoms. The number of nitrogens with zero attached hydrogens (tertiary/aromatic N) is 4. The van der Waals surface area contributed by atoms with Crippen molar-refractivity contribution >= 4 is 29.9 Å². The molecule has 0 radical (unpaired) electrons. The van der Waals surface area contributed by atoms with E-state index in [2.05, 4.69) is 53.7 Å². The lowest BCUT2D eigenvalue weighted by Gasteiger charge is -2.22. The van der Waals surface area contributed by atoms with Crippen molar-refractivity contribution in [3.05, 3.63) is 42.0 Å². The van der Waals surface area contributed by atoms with Crippen molar-refractivity contribution in [1.29, 1.82) is 0 Å². The maximum atomic E-state index is 5.40. The average Bonchev–Trinajstić information content (AvgIpc) is 3.15. The molecule has 1 N–H and O–H groups in total. The number of likely N-dealkylation sites (N-methyl/N-ethyl adjacent to an activating group) is 1. The molecule has 1 aromatic carbocycles. The molecule has 1 heterocycles. The second-order valence-corrected chi connectivity index (χ2v) is 7.42. The predicted octanol–water partition coefficient (Wildman–Crippen LogP) is 3.81. The Hall–Kier alpha value is -1.97. The molecule has 1 aromatic heterocycles. The number of methoxy groups -OCH3 is 2. The van der Waals surface area contributed by atoms with Crippen LogP contribution in [0.15, 0.2) is 35.6 Å². The first-order valence-electron chi connectivity index (χ1n) is 10.2. The van der Waals surface area contributed by atoms with E-state index in [4.69, 9.17) is 14.5 Å². The zero-order chi connectivity index (χ0) is 21.2. The topological polar surface area (TPSA) is 63.9 Å². The second kappa shape index (κ2) is 13.4. The Kier molecular flexibility index (Phi) is 11.6. The molecule has 168 valence electrons. The van der Waals surface area contributed by atoms with E-state index < -0.39 is 0 Å². The van der Waals surface area contributed by atoms with E-state index in [1.54, 1.807) is 14.2 Å². The Morgan fingerprint density at radius 2 is 1.97 bits per heavy atom. The molecule has 0 aliphatic heterocycles. The number of benzene rings is 1. The second-order valence-electron chi connectivity index (χ2n) is 7.42. The van der Waals surface area contributed by atoms with Gasteiger partial charge in [0.2, 0.25) is 0 Å². The number of rotatable bonds is 10. The highest BCUT2D eigenvalue weighted by Crippen LogP contribution is 2.27. The third kappa shape index (κ3) is 7.70. The summed E-state index contributed by atoms with van der Waals surface area (Å²) < 4.78 is 12.9. The molecule has 0 saturated carbocycles. The number of hydrogen-bond donors (Lipinski definition) is 1. The van der Waals surface area contributed by atoms with Crippen LogP contribution in [0.5, 0.6) is 11.5 Å². The van der Waals surface area contributed by atoms with E-state index in [-0.39, 0.29) is 24.0 Å². The molecule has 0 bridgehead atoms. The summed E-state index contributed by atoms with van der Waals surface area (Å²) in [6.45, 7) is 9.66. The summed E-state index contributed by atoms with van der Waals surface area (Å²) in [7, 11) is 5.37. The van der Waals surface area contributed by atoms with E-state index >= 15 is 0 Å². The largest absolute Gasteiger partial charge is 0.493 e. The lowest BCUT2D eigenvalue weighted by atomic mass is 10.1. The summed E-state index contributed by atoms with van der Waals surface area (Å²) in [5.41, 5.74) is 1.19. The van der Waals surface area contributed by atoms with E-state index in [0.717, 1.165) is 49.3 Å². The molecule has 0 saturated heterocycles. The third-order valence-corrected chi connectivity index (χ3v) is 4.61. The Bertz CT molecular complexity index is 792. The summed E-state index contributed by atoms with van der Waals surface area (Å²) in [5.74, 6) is 3.94. The van der Waals surface area contributed by atoms with Crippen molar-refractivity contribution in [2.24, 2.45) is 10.9 Å². The number of halogens is 1. The highest BCUT2D eigenvalue weighted by atomic mass is 127. The molecular weight excluding hydrogens is 493 g/mol. The fourth-order valence-electron chi connectivity index (χ4n) is 3.11. The van der Waals surface area contributed by atoms with Crippen LogP contribution >= 0.6 is 24.0 Å². The molecule has 2 rings (SSSR count). The monoisotopic (exact) mass is 529 g/mol. The van der Waals surface area contributed by atoms with Crippen LogP contribution in [0.1, 0.15) is 32.2 Å². The summed E-state index contributed by atoms with van der Waals surface area (Å²) in [4.78, 5) is 11.4. The van der Waals surface area contributed by atoms with Gasteiger partial charge in [-0.25, -0.2) is 9.98 Å². The Morgan fingerprint density at radius 3 is 2.60 bits per heavy atom. The maximum absolute atomic E-state index is 5.40. The molecule has 0 aliphatic carbocycles. The van der Waals surface area contributed by atoms with Crippen LogP contribution < -0.4 is 14.8 Å². The normalized spacial score (nSPS) is 11.2. The molecule has 0 unspecified atom stereocenters. The molecule has 0 atom stereocenters. The van der Waals surface area contributed by atoms with Crippen LogP contribution in [0.25, 0.3) is 0 Å². The highest BCUT2D eigenvalue weighted by molar-refractivity contribution is 14.0. The van der Waals surface area contributed by atoms with Crippen LogP contribution in [-0.2, 0) is 19.5 Å². The minimum absolute atomic E-state index is 0. The first kappa shape index (κ1) is 26.1.